The summed E-state index contributed by atoms with van der Waals surface area (Å²) >= 11 is 0. The number of hydrogen-bond acceptors (Lipinski definition) is 4. The van der Waals surface area contributed by atoms with Crippen LogP contribution in [0.15, 0.2) is 41.0 Å². The molecule has 1 aromatic heterocycles. The van der Waals surface area contributed by atoms with E-state index in [0.717, 1.165) is 11.4 Å². The van der Waals surface area contributed by atoms with Crippen LogP contribution in [0, 0.1) is 0 Å². The Morgan fingerprint density at radius 2 is 2.17 bits per heavy atom. The van der Waals surface area contributed by atoms with Crippen molar-refractivity contribution in [3.8, 4) is 5.75 Å². The van der Waals surface area contributed by atoms with Gasteiger partial charge in [0, 0.05) is 18.8 Å². The molecule has 1 N–H and O–H groups in total. The lowest BCUT2D eigenvalue weighted by molar-refractivity contribution is 0.101. The number of anilines is 1. The second-order valence-corrected chi connectivity index (χ2v) is 4.19. The van der Waals surface area contributed by atoms with Crippen LogP contribution in [0.1, 0.15) is 23.0 Å². The molecule has 4 nitrogen and oxygen atoms in total. The fraction of sp³-hybridized carbons (Fsp3) is 0.214. The number of phenols is 1. The fourth-order valence-corrected chi connectivity index (χ4v) is 1.78. The van der Waals surface area contributed by atoms with Crippen molar-refractivity contribution in [2.75, 3.05) is 11.9 Å². The third-order valence-corrected chi connectivity index (χ3v) is 2.77. The Morgan fingerprint density at radius 1 is 1.39 bits per heavy atom. The van der Waals surface area contributed by atoms with Crippen molar-refractivity contribution in [1.82, 2.24) is 0 Å². The zero-order chi connectivity index (χ0) is 13.1. The van der Waals surface area contributed by atoms with Gasteiger partial charge in [-0.05, 0) is 31.2 Å². The SMILES string of the molecule is CC(=O)c1ccc(N(C)Cc2ccco2)cc1O. The first-order chi connectivity index (χ1) is 8.58. The molecule has 0 saturated carbocycles. The second kappa shape index (κ2) is 4.96. The Bertz CT molecular complexity index is 546. The molecule has 0 atom stereocenters. The third-order valence-electron chi connectivity index (χ3n) is 2.77. The fourth-order valence-electron chi connectivity index (χ4n) is 1.78. The number of hydrogen-bond donors (Lipinski definition) is 1. The first-order valence-corrected chi connectivity index (χ1v) is 5.65. The van der Waals surface area contributed by atoms with E-state index in [-0.39, 0.29) is 11.5 Å². The van der Waals surface area contributed by atoms with E-state index in [1.165, 1.54) is 6.92 Å². The van der Waals surface area contributed by atoms with E-state index < -0.39 is 0 Å². The topological polar surface area (TPSA) is 53.7 Å². The van der Waals surface area contributed by atoms with E-state index in [2.05, 4.69) is 0 Å². The maximum Gasteiger partial charge on any atom is 0.163 e. The Morgan fingerprint density at radius 3 is 2.72 bits per heavy atom. The standard InChI is InChI=1S/C14H15NO3/c1-10(16)13-6-5-11(8-14(13)17)15(2)9-12-4-3-7-18-12/h3-8,17H,9H2,1-2H3. The van der Waals surface area contributed by atoms with Gasteiger partial charge in [0.1, 0.15) is 11.5 Å². The predicted molar refractivity (Wildman–Crippen MR) is 68.9 cm³/mol. The van der Waals surface area contributed by atoms with Crippen molar-refractivity contribution >= 4 is 11.5 Å². The zero-order valence-corrected chi connectivity index (χ0v) is 10.4. The van der Waals surface area contributed by atoms with Crippen molar-refractivity contribution in [2.24, 2.45) is 0 Å². The van der Waals surface area contributed by atoms with Crippen molar-refractivity contribution in [1.29, 1.82) is 0 Å². The van der Waals surface area contributed by atoms with E-state index in [4.69, 9.17) is 4.42 Å². The van der Waals surface area contributed by atoms with Gasteiger partial charge in [0.15, 0.2) is 5.78 Å². The summed E-state index contributed by atoms with van der Waals surface area (Å²) in [4.78, 5) is 13.1. The molecule has 0 amide bonds. The quantitative estimate of drug-likeness (QED) is 0.841. The summed E-state index contributed by atoms with van der Waals surface area (Å²) in [5, 5.41) is 9.77. The van der Waals surface area contributed by atoms with Crippen LogP contribution < -0.4 is 4.90 Å². The minimum Gasteiger partial charge on any atom is -0.507 e. The van der Waals surface area contributed by atoms with Crippen LogP contribution in [0.3, 0.4) is 0 Å². The Balaban J connectivity index is 2.18. The molecule has 0 fully saturated rings. The van der Waals surface area contributed by atoms with Gasteiger partial charge < -0.3 is 14.4 Å². The molecule has 2 aromatic rings. The number of rotatable bonds is 4. The summed E-state index contributed by atoms with van der Waals surface area (Å²) in [6.07, 6.45) is 1.62. The van der Waals surface area contributed by atoms with Gasteiger partial charge in [0.25, 0.3) is 0 Å². The highest BCUT2D eigenvalue weighted by molar-refractivity contribution is 5.97. The van der Waals surface area contributed by atoms with Crippen LogP contribution >= 0.6 is 0 Å². The average Bonchev–Trinajstić information content (AvgIpc) is 2.81. The highest BCUT2D eigenvalue weighted by Gasteiger charge is 2.10. The van der Waals surface area contributed by atoms with Crippen LogP contribution in [0.4, 0.5) is 5.69 Å². The molecule has 0 aliphatic heterocycles. The molecule has 0 unspecified atom stereocenters. The summed E-state index contributed by atoms with van der Waals surface area (Å²) in [6.45, 7) is 2.03. The number of Topliss-reactive ketones (excluding diaryl/α,β-unsaturated/α-hetero) is 1. The largest absolute Gasteiger partial charge is 0.507 e. The van der Waals surface area contributed by atoms with Gasteiger partial charge in [-0.3, -0.25) is 4.79 Å². The van der Waals surface area contributed by atoms with Crippen molar-refractivity contribution in [3.63, 3.8) is 0 Å². The molecule has 94 valence electrons. The molecule has 1 aromatic carbocycles. The number of benzene rings is 1. The Labute approximate surface area is 105 Å². The van der Waals surface area contributed by atoms with Crippen LogP contribution in [0.2, 0.25) is 0 Å². The Hall–Kier alpha value is -2.23. The molecule has 0 spiro atoms. The minimum absolute atomic E-state index is 0.00583. The highest BCUT2D eigenvalue weighted by Crippen LogP contribution is 2.25. The van der Waals surface area contributed by atoms with E-state index >= 15 is 0 Å². The molecule has 0 aliphatic carbocycles. The Kier molecular flexibility index (Phi) is 3.37. The second-order valence-electron chi connectivity index (χ2n) is 4.19. The van der Waals surface area contributed by atoms with Crippen molar-refractivity contribution in [2.45, 2.75) is 13.5 Å². The summed E-state index contributed by atoms with van der Waals surface area (Å²) < 4.78 is 5.26. The first-order valence-electron chi connectivity index (χ1n) is 5.65. The highest BCUT2D eigenvalue weighted by atomic mass is 16.3. The lowest BCUT2D eigenvalue weighted by Gasteiger charge is -2.18. The number of phenolic OH excluding ortho intramolecular Hbond substituents is 1. The molecule has 1 heterocycles. The van der Waals surface area contributed by atoms with Crippen LogP contribution in [0.25, 0.3) is 0 Å². The summed E-state index contributed by atoms with van der Waals surface area (Å²) in [6, 6.07) is 8.74. The zero-order valence-electron chi connectivity index (χ0n) is 10.4. The monoisotopic (exact) mass is 245 g/mol. The van der Waals surface area contributed by atoms with E-state index in [1.807, 2.05) is 24.1 Å². The van der Waals surface area contributed by atoms with Gasteiger partial charge in [-0.25, -0.2) is 0 Å². The van der Waals surface area contributed by atoms with E-state index in [1.54, 1.807) is 24.5 Å². The molecular formula is C14H15NO3. The van der Waals surface area contributed by atoms with Crippen molar-refractivity contribution in [3.05, 3.63) is 47.9 Å². The molecule has 4 heteroatoms. The van der Waals surface area contributed by atoms with Gasteiger partial charge in [0.05, 0.1) is 18.4 Å². The molecule has 0 aliphatic rings. The van der Waals surface area contributed by atoms with E-state index in [0.29, 0.717) is 12.1 Å². The number of carbonyl (C=O) groups is 1. The van der Waals surface area contributed by atoms with E-state index in [9.17, 15) is 9.90 Å². The summed E-state index contributed by atoms with van der Waals surface area (Å²) in [7, 11) is 1.89. The summed E-state index contributed by atoms with van der Waals surface area (Å²) in [5.74, 6) is 0.701. The lowest BCUT2D eigenvalue weighted by Crippen LogP contribution is -2.15. The molecule has 2 rings (SSSR count). The maximum atomic E-state index is 11.2. The maximum absolute atomic E-state index is 11.2. The van der Waals surface area contributed by atoms with Gasteiger partial charge in [0.2, 0.25) is 0 Å². The van der Waals surface area contributed by atoms with Gasteiger partial charge >= 0.3 is 0 Å². The normalized spacial score (nSPS) is 10.3. The molecule has 0 saturated heterocycles. The number of furan rings is 1. The molecule has 0 radical (unpaired) electrons. The van der Waals surface area contributed by atoms with Crippen LogP contribution in [-0.4, -0.2) is 17.9 Å². The van der Waals surface area contributed by atoms with Gasteiger partial charge in [-0.1, -0.05) is 0 Å². The van der Waals surface area contributed by atoms with Gasteiger partial charge in [-0.15, -0.1) is 0 Å². The number of ketones is 1. The summed E-state index contributed by atoms with van der Waals surface area (Å²) in [5.41, 5.74) is 1.17. The number of carbonyl (C=O) groups excluding carboxylic acids is 1. The van der Waals surface area contributed by atoms with Crippen LogP contribution in [0.5, 0.6) is 5.75 Å². The average molecular weight is 245 g/mol. The number of nitrogens with zero attached hydrogens (tertiary/aromatic N) is 1. The molecule has 18 heavy (non-hydrogen) atoms. The van der Waals surface area contributed by atoms with Crippen LogP contribution in [-0.2, 0) is 6.54 Å². The minimum atomic E-state index is -0.146. The molecule has 0 bridgehead atoms. The van der Waals surface area contributed by atoms with Crippen molar-refractivity contribution < 1.29 is 14.3 Å². The first kappa shape index (κ1) is 12.2. The lowest BCUT2D eigenvalue weighted by atomic mass is 10.1. The molecular weight excluding hydrogens is 230 g/mol. The predicted octanol–water partition coefficient (Wildman–Crippen LogP) is 2.82. The number of aromatic hydroxyl groups is 1. The smallest absolute Gasteiger partial charge is 0.163 e. The third kappa shape index (κ3) is 2.53. The van der Waals surface area contributed by atoms with Gasteiger partial charge in [-0.2, -0.15) is 0 Å².